The normalized spacial score (nSPS) is 20.6. The van der Waals surface area contributed by atoms with Gasteiger partial charge in [0.25, 0.3) is 0 Å². The number of carbonyl (C=O) groups is 1. The highest BCUT2D eigenvalue weighted by Gasteiger charge is 2.33. The minimum Gasteiger partial charge on any atom is -0.497 e. The third kappa shape index (κ3) is 4.48. The van der Waals surface area contributed by atoms with Crippen LogP contribution in [0.2, 0.25) is 0 Å². The third-order valence-corrected chi connectivity index (χ3v) is 5.12. The first-order valence-electron chi connectivity index (χ1n) is 8.88. The van der Waals surface area contributed by atoms with Crippen LogP contribution in [0.15, 0.2) is 24.3 Å². The number of rotatable bonds is 7. The van der Waals surface area contributed by atoms with E-state index in [1.165, 1.54) is 18.4 Å². The molecule has 2 aliphatic rings. The molecule has 0 bridgehead atoms. The Morgan fingerprint density at radius 3 is 2.38 bits per heavy atom. The molecule has 1 aromatic rings. The Hall–Kier alpha value is -1.59. The van der Waals surface area contributed by atoms with Crippen LogP contribution in [-0.2, 0) is 9.53 Å². The molecule has 1 aliphatic carbocycles. The van der Waals surface area contributed by atoms with E-state index in [1.54, 1.807) is 14.2 Å². The Kier molecular flexibility index (Phi) is 5.74. The predicted octanol–water partition coefficient (Wildman–Crippen LogP) is 2.37. The van der Waals surface area contributed by atoms with Gasteiger partial charge in [0.2, 0.25) is 5.91 Å². The van der Waals surface area contributed by atoms with Gasteiger partial charge in [-0.3, -0.25) is 9.69 Å². The van der Waals surface area contributed by atoms with Crippen LogP contribution in [0.5, 0.6) is 5.75 Å². The van der Waals surface area contributed by atoms with Gasteiger partial charge in [-0.2, -0.15) is 0 Å². The van der Waals surface area contributed by atoms with Gasteiger partial charge in [-0.1, -0.05) is 12.1 Å². The number of methoxy groups -OCH3 is 2. The molecule has 5 nitrogen and oxygen atoms in total. The lowest BCUT2D eigenvalue weighted by atomic mass is 10.0. The Morgan fingerprint density at radius 2 is 1.83 bits per heavy atom. The van der Waals surface area contributed by atoms with E-state index in [9.17, 15) is 4.79 Å². The minimum absolute atomic E-state index is 0.124. The molecule has 1 heterocycles. The molecule has 24 heavy (non-hydrogen) atoms. The van der Waals surface area contributed by atoms with E-state index in [1.807, 2.05) is 12.1 Å². The highest BCUT2D eigenvalue weighted by molar-refractivity contribution is 5.78. The van der Waals surface area contributed by atoms with Crippen molar-refractivity contribution in [3.05, 3.63) is 29.8 Å². The van der Waals surface area contributed by atoms with E-state index in [2.05, 4.69) is 22.3 Å². The standard InChI is InChI=1S/C19H28N2O3/c1-23-16-7-5-15(6-8-16)19(14-3-4-14)20-18(22)13-21-11-9-17(24-2)10-12-21/h5-8,14,17,19H,3-4,9-13H2,1-2H3,(H,20,22). The molecule has 1 saturated heterocycles. The summed E-state index contributed by atoms with van der Waals surface area (Å²) in [7, 11) is 3.43. The molecule has 1 atom stereocenters. The van der Waals surface area contributed by atoms with Crippen molar-refractivity contribution in [1.82, 2.24) is 10.2 Å². The number of carbonyl (C=O) groups excluding carboxylic acids is 1. The number of nitrogens with one attached hydrogen (secondary N) is 1. The average molecular weight is 332 g/mol. The summed E-state index contributed by atoms with van der Waals surface area (Å²) in [6.45, 7) is 2.35. The molecule has 0 spiro atoms. The van der Waals surface area contributed by atoms with Gasteiger partial charge in [0.15, 0.2) is 0 Å². The van der Waals surface area contributed by atoms with Gasteiger partial charge >= 0.3 is 0 Å². The Labute approximate surface area is 144 Å². The number of benzene rings is 1. The number of piperidine rings is 1. The predicted molar refractivity (Wildman–Crippen MR) is 93.1 cm³/mol. The molecule has 1 unspecified atom stereocenters. The van der Waals surface area contributed by atoms with Gasteiger partial charge in [0, 0.05) is 20.2 Å². The summed E-state index contributed by atoms with van der Waals surface area (Å²) in [5.74, 6) is 1.54. The highest BCUT2D eigenvalue weighted by Crippen LogP contribution is 2.41. The third-order valence-electron chi connectivity index (χ3n) is 5.12. The topological polar surface area (TPSA) is 50.8 Å². The molecule has 132 valence electrons. The van der Waals surface area contributed by atoms with Crippen LogP contribution in [-0.4, -0.2) is 50.8 Å². The second-order valence-electron chi connectivity index (χ2n) is 6.87. The van der Waals surface area contributed by atoms with Gasteiger partial charge in [-0.15, -0.1) is 0 Å². The quantitative estimate of drug-likeness (QED) is 0.833. The van der Waals surface area contributed by atoms with Crippen LogP contribution in [0, 0.1) is 5.92 Å². The second-order valence-corrected chi connectivity index (χ2v) is 6.87. The van der Waals surface area contributed by atoms with Crippen molar-refractivity contribution in [2.24, 2.45) is 5.92 Å². The van der Waals surface area contributed by atoms with Gasteiger partial charge in [-0.25, -0.2) is 0 Å². The van der Waals surface area contributed by atoms with Crippen molar-refractivity contribution in [3.8, 4) is 5.75 Å². The molecule has 1 saturated carbocycles. The largest absolute Gasteiger partial charge is 0.497 e. The zero-order chi connectivity index (χ0) is 16.9. The Bertz CT molecular complexity index is 534. The fraction of sp³-hybridized carbons (Fsp3) is 0.632. The first-order valence-corrected chi connectivity index (χ1v) is 8.88. The van der Waals surface area contributed by atoms with Crippen molar-refractivity contribution in [3.63, 3.8) is 0 Å². The summed E-state index contributed by atoms with van der Waals surface area (Å²) in [5.41, 5.74) is 1.17. The summed E-state index contributed by atoms with van der Waals surface area (Å²) in [6, 6.07) is 8.18. The van der Waals surface area contributed by atoms with Crippen LogP contribution < -0.4 is 10.1 Å². The Morgan fingerprint density at radius 1 is 1.17 bits per heavy atom. The van der Waals surface area contributed by atoms with Crippen LogP contribution >= 0.6 is 0 Å². The maximum atomic E-state index is 12.5. The molecule has 1 amide bonds. The summed E-state index contributed by atoms with van der Waals surface area (Å²) in [6.07, 6.45) is 4.75. The van der Waals surface area contributed by atoms with Crippen molar-refractivity contribution in [2.45, 2.75) is 37.8 Å². The number of likely N-dealkylation sites (tertiary alicyclic amines) is 1. The van der Waals surface area contributed by atoms with Crippen molar-refractivity contribution < 1.29 is 14.3 Å². The van der Waals surface area contributed by atoms with Crippen molar-refractivity contribution >= 4 is 5.91 Å². The number of hydrogen-bond donors (Lipinski definition) is 1. The number of nitrogens with zero attached hydrogens (tertiary/aromatic N) is 1. The number of amides is 1. The van der Waals surface area contributed by atoms with E-state index < -0.39 is 0 Å². The lowest BCUT2D eigenvalue weighted by molar-refractivity contribution is -0.123. The highest BCUT2D eigenvalue weighted by atomic mass is 16.5. The van der Waals surface area contributed by atoms with Gasteiger partial charge in [0.05, 0.1) is 25.8 Å². The maximum Gasteiger partial charge on any atom is 0.234 e. The molecular weight excluding hydrogens is 304 g/mol. The van der Waals surface area contributed by atoms with Gasteiger partial charge < -0.3 is 14.8 Å². The molecule has 1 aromatic carbocycles. The molecule has 1 N–H and O–H groups in total. The van der Waals surface area contributed by atoms with Crippen LogP contribution in [0.4, 0.5) is 0 Å². The first-order chi connectivity index (χ1) is 11.7. The molecular formula is C19H28N2O3. The van der Waals surface area contributed by atoms with E-state index in [0.717, 1.165) is 31.7 Å². The zero-order valence-electron chi connectivity index (χ0n) is 14.7. The van der Waals surface area contributed by atoms with Gasteiger partial charge in [0.1, 0.15) is 5.75 Å². The summed E-state index contributed by atoms with van der Waals surface area (Å²) >= 11 is 0. The monoisotopic (exact) mass is 332 g/mol. The SMILES string of the molecule is COc1ccc(C(NC(=O)CN2CCC(OC)CC2)C2CC2)cc1. The smallest absolute Gasteiger partial charge is 0.234 e. The van der Waals surface area contributed by atoms with Crippen LogP contribution in [0.25, 0.3) is 0 Å². The minimum atomic E-state index is 0.124. The van der Waals surface area contributed by atoms with E-state index >= 15 is 0 Å². The molecule has 5 heteroatoms. The number of hydrogen-bond acceptors (Lipinski definition) is 4. The average Bonchev–Trinajstić information content (AvgIpc) is 3.45. The van der Waals surface area contributed by atoms with E-state index in [4.69, 9.17) is 9.47 Å². The first kappa shape index (κ1) is 17.2. The summed E-state index contributed by atoms with van der Waals surface area (Å²) in [5, 5.41) is 3.25. The van der Waals surface area contributed by atoms with Crippen molar-refractivity contribution in [2.75, 3.05) is 33.9 Å². The van der Waals surface area contributed by atoms with Crippen molar-refractivity contribution in [1.29, 1.82) is 0 Å². The Balaban J connectivity index is 1.54. The molecule has 0 radical (unpaired) electrons. The zero-order valence-corrected chi connectivity index (χ0v) is 14.7. The summed E-state index contributed by atoms with van der Waals surface area (Å²) < 4.78 is 10.6. The molecule has 1 aliphatic heterocycles. The van der Waals surface area contributed by atoms with Crippen LogP contribution in [0.3, 0.4) is 0 Å². The molecule has 3 rings (SSSR count). The maximum absolute atomic E-state index is 12.5. The fourth-order valence-electron chi connectivity index (χ4n) is 3.44. The fourth-order valence-corrected chi connectivity index (χ4v) is 3.44. The molecule has 2 fully saturated rings. The summed E-state index contributed by atoms with van der Waals surface area (Å²) in [4.78, 5) is 14.7. The van der Waals surface area contributed by atoms with E-state index in [0.29, 0.717) is 18.6 Å². The van der Waals surface area contributed by atoms with Crippen LogP contribution in [0.1, 0.15) is 37.3 Å². The van der Waals surface area contributed by atoms with Gasteiger partial charge in [-0.05, 0) is 49.3 Å². The lowest BCUT2D eigenvalue weighted by Gasteiger charge is -2.31. The number of ether oxygens (including phenoxy) is 2. The second kappa shape index (κ2) is 7.99. The lowest BCUT2D eigenvalue weighted by Crippen LogP contribution is -2.44. The molecule has 0 aromatic heterocycles. The van der Waals surface area contributed by atoms with E-state index in [-0.39, 0.29) is 11.9 Å².